The maximum Gasteiger partial charge on any atom is 0.233 e. The molecule has 1 fully saturated rings. The largest absolute Gasteiger partial charge is 0.507 e. The molecule has 4 rings (SSSR count). The second kappa shape index (κ2) is 8.67. The molecule has 0 radical (unpaired) electrons. The fourth-order valence-corrected chi connectivity index (χ4v) is 4.01. The van der Waals surface area contributed by atoms with Crippen LogP contribution in [-0.2, 0) is 9.53 Å². The van der Waals surface area contributed by atoms with Crippen molar-refractivity contribution in [2.75, 3.05) is 32.1 Å². The SMILES string of the molecule is Cc1ccc(-n2c(SCC(=O)N3CCOCC3)nnc2-c2ccccc2O)cc1. The Balaban J connectivity index is 1.66. The van der Waals surface area contributed by atoms with E-state index in [0.717, 1.165) is 11.3 Å². The maximum absolute atomic E-state index is 12.5. The molecule has 1 aliphatic heterocycles. The minimum absolute atomic E-state index is 0.0564. The van der Waals surface area contributed by atoms with Crippen LogP contribution < -0.4 is 0 Å². The Hall–Kier alpha value is -2.84. The molecule has 0 aliphatic carbocycles. The smallest absolute Gasteiger partial charge is 0.233 e. The summed E-state index contributed by atoms with van der Waals surface area (Å²) in [5.41, 5.74) is 2.61. The van der Waals surface area contributed by atoms with Crippen molar-refractivity contribution in [1.29, 1.82) is 0 Å². The van der Waals surface area contributed by atoms with Gasteiger partial charge in [0, 0.05) is 18.8 Å². The lowest BCUT2D eigenvalue weighted by Crippen LogP contribution is -2.41. The number of amides is 1. The third-order valence-corrected chi connectivity index (χ3v) is 5.67. The highest BCUT2D eigenvalue weighted by atomic mass is 32.2. The molecule has 0 unspecified atom stereocenters. The number of aromatic nitrogens is 3. The first-order chi connectivity index (χ1) is 14.1. The van der Waals surface area contributed by atoms with Crippen molar-refractivity contribution in [1.82, 2.24) is 19.7 Å². The van der Waals surface area contributed by atoms with Crippen LogP contribution in [0.4, 0.5) is 0 Å². The molecule has 0 bridgehead atoms. The van der Waals surface area contributed by atoms with Gasteiger partial charge in [0.1, 0.15) is 5.75 Å². The molecule has 2 heterocycles. The van der Waals surface area contributed by atoms with E-state index in [0.29, 0.717) is 42.8 Å². The summed E-state index contributed by atoms with van der Waals surface area (Å²) in [6.45, 7) is 4.41. The number of rotatable bonds is 5. The standard InChI is InChI=1S/C21H22N4O3S/c1-15-6-8-16(9-7-15)25-20(17-4-2-3-5-18(17)26)22-23-21(25)29-14-19(27)24-10-12-28-13-11-24/h2-9,26H,10-14H2,1H3. The number of nitrogens with zero attached hydrogens (tertiary/aromatic N) is 4. The highest BCUT2D eigenvalue weighted by molar-refractivity contribution is 7.99. The molecule has 7 nitrogen and oxygen atoms in total. The lowest BCUT2D eigenvalue weighted by molar-refractivity contribution is -0.132. The van der Waals surface area contributed by atoms with Crippen molar-refractivity contribution in [3.05, 3.63) is 54.1 Å². The van der Waals surface area contributed by atoms with E-state index in [4.69, 9.17) is 4.74 Å². The van der Waals surface area contributed by atoms with Gasteiger partial charge in [0.15, 0.2) is 11.0 Å². The molecule has 1 aliphatic rings. The average molecular weight is 410 g/mol. The molecule has 150 valence electrons. The zero-order valence-electron chi connectivity index (χ0n) is 16.1. The monoisotopic (exact) mass is 410 g/mol. The van der Waals surface area contributed by atoms with Gasteiger partial charge < -0.3 is 14.7 Å². The Morgan fingerprint density at radius 3 is 2.55 bits per heavy atom. The zero-order valence-corrected chi connectivity index (χ0v) is 16.9. The fourth-order valence-electron chi connectivity index (χ4n) is 3.16. The molecule has 29 heavy (non-hydrogen) atoms. The van der Waals surface area contributed by atoms with Crippen molar-refractivity contribution >= 4 is 17.7 Å². The summed E-state index contributed by atoms with van der Waals surface area (Å²) in [5, 5.41) is 19.6. The molecule has 3 aromatic rings. The molecule has 1 aromatic heterocycles. The number of hydrogen-bond donors (Lipinski definition) is 1. The molecule has 0 spiro atoms. The number of carbonyl (C=O) groups excluding carboxylic acids is 1. The number of aromatic hydroxyl groups is 1. The van der Waals surface area contributed by atoms with Gasteiger partial charge in [0.2, 0.25) is 5.91 Å². The summed E-state index contributed by atoms with van der Waals surface area (Å²) in [6, 6.07) is 15.0. The number of ether oxygens (including phenoxy) is 1. The summed E-state index contributed by atoms with van der Waals surface area (Å²) >= 11 is 1.34. The topological polar surface area (TPSA) is 80.5 Å². The minimum atomic E-state index is 0.0564. The average Bonchev–Trinajstić information content (AvgIpc) is 3.17. The van der Waals surface area contributed by atoms with Gasteiger partial charge in [-0.15, -0.1) is 10.2 Å². The molecule has 8 heteroatoms. The summed E-state index contributed by atoms with van der Waals surface area (Å²) in [4.78, 5) is 14.4. The van der Waals surface area contributed by atoms with Gasteiger partial charge in [-0.05, 0) is 31.2 Å². The number of morpholine rings is 1. The van der Waals surface area contributed by atoms with E-state index in [9.17, 15) is 9.90 Å². The zero-order chi connectivity index (χ0) is 20.2. The van der Waals surface area contributed by atoms with Crippen molar-refractivity contribution in [2.24, 2.45) is 0 Å². The predicted molar refractivity (Wildman–Crippen MR) is 111 cm³/mol. The van der Waals surface area contributed by atoms with Crippen molar-refractivity contribution in [3.63, 3.8) is 0 Å². The molecule has 2 aromatic carbocycles. The van der Waals surface area contributed by atoms with E-state index in [2.05, 4.69) is 10.2 Å². The number of benzene rings is 2. The Morgan fingerprint density at radius 1 is 1.10 bits per heavy atom. The highest BCUT2D eigenvalue weighted by Gasteiger charge is 2.21. The Kier molecular flexibility index (Phi) is 5.82. The van der Waals surface area contributed by atoms with Crippen LogP contribution in [0.15, 0.2) is 53.7 Å². The molecule has 1 saturated heterocycles. The number of phenols is 1. The number of aryl methyl sites for hydroxylation is 1. The summed E-state index contributed by atoms with van der Waals surface area (Å²) in [7, 11) is 0. The highest BCUT2D eigenvalue weighted by Crippen LogP contribution is 2.32. The van der Waals surface area contributed by atoms with Crippen LogP contribution >= 0.6 is 11.8 Å². The first kappa shape index (κ1) is 19.5. The fraction of sp³-hybridized carbons (Fsp3) is 0.286. The van der Waals surface area contributed by atoms with Crippen LogP contribution in [0.5, 0.6) is 5.75 Å². The van der Waals surface area contributed by atoms with E-state index >= 15 is 0 Å². The van der Waals surface area contributed by atoms with Gasteiger partial charge in [-0.1, -0.05) is 41.6 Å². The first-order valence-corrected chi connectivity index (χ1v) is 10.4. The van der Waals surface area contributed by atoms with Crippen molar-refractivity contribution < 1.29 is 14.6 Å². The van der Waals surface area contributed by atoms with Crippen molar-refractivity contribution in [3.8, 4) is 22.8 Å². The third kappa shape index (κ3) is 4.28. The van der Waals surface area contributed by atoms with E-state index in [1.54, 1.807) is 18.2 Å². The Bertz CT molecular complexity index is 997. The van der Waals surface area contributed by atoms with Gasteiger partial charge in [-0.2, -0.15) is 0 Å². The lowest BCUT2D eigenvalue weighted by atomic mass is 10.1. The quantitative estimate of drug-likeness (QED) is 0.652. The van der Waals surface area contributed by atoms with E-state index in [1.165, 1.54) is 11.8 Å². The number of hydrogen-bond acceptors (Lipinski definition) is 6. The number of thioether (sulfide) groups is 1. The van der Waals surface area contributed by atoms with Crippen LogP contribution in [0.25, 0.3) is 17.1 Å². The van der Waals surface area contributed by atoms with Crippen LogP contribution in [0.3, 0.4) is 0 Å². The second-order valence-corrected chi connectivity index (χ2v) is 7.72. The molecular weight excluding hydrogens is 388 g/mol. The van der Waals surface area contributed by atoms with Gasteiger partial charge in [-0.25, -0.2) is 0 Å². The van der Waals surface area contributed by atoms with Crippen LogP contribution in [0.2, 0.25) is 0 Å². The van der Waals surface area contributed by atoms with Crippen LogP contribution in [0.1, 0.15) is 5.56 Å². The normalized spacial score (nSPS) is 14.2. The molecule has 0 atom stereocenters. The Morgan fingerprint density at radius 2 is 1.83 bits per heavy atom. The van der Waals surface area contributed by atoms with Gasteiger partial charge in [-0.3, -0.25) is 9.36 Å². The number of carbonyl (C=O) groups is 1. The van der Waals surface area contributed by atoms with E-state index in [-0.39, 0.29) is 17.4 Å². The van der Waals surface area contributed by atoms with Gasteiger partial charge in [0.25, 0.3) is 0 Å². The lowest BCUT2D eigenvalue weighted by Gasteiger charge is -2.26. The Labute approximate surface area is 173 Å². The van der Waals surface area contributed by atoms with E-state index < -0.39 is 0 Å². The van der Waals surface area contributed by atoms with Crippen LogP contribution in [-0.4, -0.2) is 62.7 Å². The third-order valence-electron chi connectivity index (χ3n) is 4.76. The molecule has 0 saturated carbocycles. The molecule has 1 amide bonds. The first-order valence-electron chi connectivity index (χ1n) is 9.42. The predicted octanol–water partition coefficient (Wildman–Crippen LogP) is 2.90. The van der Waals surface area contributed by atoms with E-state index in [1.807, 2.05) is 46.7 Å². The summed E-state index contributed by atoms with van der Waals surface area (Å²) in [5.74, 6) is 0.994. The maximum atomic E-state index is 12.5. The molecule has 1 N–H and O–H groups in total. The minimum Gasteiger partial charge on any atom is -0.507 e. The summed E-state index contributed by atoms with van der Waals surface area (Å²) < 4.78 is 7.19. The van der Waals surface area contributed by atoms with Gasteiger partial charge >= 0.3 is 0 Å². The summed E-state index contributed by atoms with van der Waals surface area (Å²) in [6.07, 6.45) is 0. The molecular formula is C21H22N4O3S. The second-order valence-electron chi connectivity index (χ2n) is 6.78. The number of para-hydroxylation sites is 1. The number of phenolic OH excluding ortho intramolecular Hbond substituents is 1. The van der Waals surface area contributed by atoms with Gasteiger partial charge in [0.05, 0.1) is 24.5 Å². The van der Waals surface area contributed by atoms with Crippen LogP contribution in [0, 0.1) is 6.92 Å². The van der Waals surface area contributed by atoms with Crippen molar-refractivity contribution in [2.45, 2.75) is 12.1 Å².